The zero-order chi connectivity index (χ0) is 28.9. The van der Waals surface area contributed by atoms with Crippen LogP contribution in [0.2, 0.25) is 0 Å². The molecular weight excluding hydrogens is 554 g/mol. The van der Waals surface area contributed by atoms with Crippen molar-refractivity contribution in [2.45, 2.75) is 61.9 Å². The Morgan fingerprint density at radius 1 is 1.12 bits per heavy atom. The van der Waals surface area contributed by atoms with Gasteiger partial charge in [-0.1, -0.05) is 12.1 Å². The van der Waals surface area contributed by atoms with Gasteiger partial charge in [0.1, 0.15) is 42.2 Å². The Balaban J connectivity index is 1.20. The van der Waals surface area contributed by atoms with Crippen LogP contribution in [0.4, 0.5) is 14.6 Å². The van der Waals surface area contributed by atoms with Crippen LogP contribution in [0.15, 0.2) is 36.4 Å². The van der Waals surface area contributed by atoms with Crippen LogP contribution < -0.4 is 19.7 Å². The number of aromatic hydroxyl groups is 1. The van der Waals surface area contributed by atoms with E-state index in [1.54, 1.807) is 18.2 Å². The van der Waals surface area contributed by atoms with Gasteiger partial charge < -0.3 is 24.8 Å². The molecule has 9 rings (SSSR count). The Hall–Kier alpha value is -3.83. The van der Waals surface area contributed by atoms with E-state index in [0.29, 0.717) is 71.0 Å². The highest BCUT2D eigenvalue weighted by molar-refractivity contribution is 6.01. The molecule has 5 atom stereocenters. The number of anilines is 1. The number of nitrogens with zero attached hydrogens (tertiary/aromatic N) is 5. The van der Waals surface area contributed by atoms with Gasteiger partial charge in [0, 0.05) is 42.5 Å². The number of pyridine rings is 1. The Morgan fingerprint density at radius 2 is 2.05 bits per heavy atom. The smallest absolute Gasteiger partial charge is 0.319 e. The van der Waals surface area contributed by atoms with Crippen molar-refractivity contribution in [3.63, 3.8) is 0 Å². The SMILES string of the molecule is Oc1cc(-c2cc3nc(OC[C@@]45CCCN4C[C@H](F)C5)nc4c3c(n2)OC[C@@H]2C3CC[C@H](CN42)N3)c2c(F)cccc2c1. The molecule has 5 aliphatic rings. The van der Waals surface area contributed by atoms with Crippen molar-refractivity contribution >= 4 is 27.5 Å². The third kappa shape index (κ3) is 3.97. The highest BCUT2D eigenvalue weighted by Gasteiger charge is 2.49. The average molecular weight is 587 g/mol. The molecule has 1 unspecified atom stereocenters. The molecule has 0 aliphatic carbocycles. The first kappa shape index (κ1) is 25.6. The lowest BCUT2D eigenvalue weighted by atomic mass is 9.95. The van der Waals surface area contributed by atoms with Crippen molar-refractivity contribution in [1.29, 1.82) is 0 Å². The summed E-state index contributed by atoms with van der Waals surface area (Å²) in [5, 5.41) is 15.9. The molecule has 2 aromatic heterocycles. The molecule has 0 radical (unpaired) electrons. The highest BCUT2D eigenvalue weighted by atomic mass is 19.1. The van der Waals surface area contributed by atoms with E-state index < -0.39 is 12.0 Å². The molecule has 0 saturated carbocycles. The second-order valence-electron chi connectivity index (χ2n) is 12.8. The van der Waals surface area contributed by atoms with Crippen LogP contribution in [0.5, 0.6) is 17.6 Å². The molecular formula is C32H32F2N6O3. The fraction of sp³-hybridized carbons (Fsp3) is 0.469. The van der Waals surface area contributed by atoms with Gasteiger partial charge >= 0.3 is 6.01 Å². The molecule has 222 valence electrons. The van der Waals surface area contributed by atoms with E-state index in [1.165, 1.54) is 18.2 Å². The zero-order valence-electron chi connectivity index (χ0n) is 23.6. The second-order valence-corrected chi connectivity index (χ2v) is 12.8. The molecule has 5 aliphatic heterocycles. The minimum atomic E-state index is -0.853. The number of ether oxygens (including phenoxy) is 2. The highest BCUT2D eigenvalue weighted by Crippen LogP contribution is 2.44. The number of fused-ring (bicyclic) bond motifs is 7. The number of nitrogens with one attached hydrogen (secondary N) is 1. The maximum atomic E-state index is 15.2. The van der Waals surface area contributed by atoms with Crippen molar-refractivity contribution in [3.05, 3.63) is 42.2 Å². The third-order valence-electron chi connectivity index (χ3n) is 10.2. The maximum absolute atomic E-state index is 15.2. The van der Waals surface area contributed by atoms with Crippen LogP contribution in [-0.4, -0.2) is 87.6 Å². The summed E-state index contributed by atoms with van der Waals surface area (Å²) < 4.78 is 42.4. The molecule has 2 aromatic carbocycles. The van der Waals surface area contributed by atoms with Crippen molar-refractivity contribution < 1.29 is 23.4 Å². The van der Waals surface area contributed by atoms with E-state index in [-0.39, 0.29) is 29.4 Å². The number of halogens is 2. The molecule has 4 saturated heterocycles. The van der Waals surface area contributed by atoms with Crippen LogP contribution in [-0.2, 0) is 0 Å². The number of aromatic nitrogens is 3. The van der Waals surface area contributed by atoms with Crippen molar-refractivity contribution in [2.24, 2.45) is 0 Å². The van der Waals surface area contributed by atoms with E-state index in [9.17, 15) is 9.50 Å². The van der Waals surface area contributed by atoms with Gasteiger partial charge in [-0.05, 0) is 61.9 Å². The molecule has 0 spiro atoms. The van der Waals surface area contributed by atoms with Crippen LogP contribution in [0.3, 0.4) is 0 Å². The van der Waals surface area contributed by atoms with Gasteiger partial charge in [0.25, 0.3) is 0 Å². The lowest BCUT2D eigenvalue weighted by Crippen LogP contribution is -2.60. The fourth-order valence-electron chi connectivity index (χ4n) is 8.31. The van der Waals surface area contributed by atoms with Crippen LogP contribution >= 0.6 is 0 Å². The molecule has 43 heavy (non-hydrogen) atoms. The molecule has 9 nitrogen and oxygen atoms in total. The lowest BCUT2D eigenvalue weighted by molar-refractivity contribution is 0.107. The number of hydrogen-bond donors (Lipinski definition) is 2. The summed E-state index contributed by atoms with van der Waals surface area (Å²) in [7, 11) is 0. The Bertz CT molecular complexity index is 1790. The van der Waals surface area contributed by atoms with Gasteiger partial charge in [-0.3, -0.25) is 4.90 Å². The van der Waals surface area contributed by atoms with Crippen LogP contribution in [0.25, 0.3) is 32.9 Å². The standard InChI is InChI=1S/C32H32F2N6O3/c33-18-12-32(7-2-8-39(32)13-18)16-43-31-37-25-11-24(21-10-20(41)9-17-3-1-4-22(34)27(17)21)36-30-28(25)29(38-31)40-14-19-5-6-23(35-19)26(40)15-42-30/h1,3-4,9-11,18-19,23,26,35,41H,2,5-8,12-16H2/t18-,19-,23?,26-,32+/m1/s1. The molecule has 2 bridgehead atoms. The van der Waals surface area contributed by atoms with Gasteiger partial charge in [0.05, 0.1) is 22.8 Å². The monoisotopic (exact) mass is 586 g/mol. The minimum absolute atomic E-state index is 0.0107. The first-order chi connectivity index (χ1) is 20.9. The number of benzene rings is 2. The number of piperazine rings is 1. The Kier molecular flexibility index (Phi) is 5.57. The third-order valence-corrected chi connectivity index (χ3v) is 10.2. The van der Waals surface area contributed by atoms with Gasteiger partial charge in [-0.2, -0.15) is 9.97 Å². The first-order valence-electron chi connectivity index (χ1n) is 15.3. The summed E-state index contributed by atoms with van der Waals surface area (Å²) in [6.45, 7) is 2.83. The summed E-state index contributed by atoms with van der Waals surface area (Å²) in [6.07, 6.45) is 3.67. The van der Waals surface area contributed by atoms with Crippen molar-refractivity contribution in [2.75, 3.05) is 37.7 Å². The number of alkyl halides is 1. The van der Waals surface area contributed by atoms with E-state index in [2.05, 4.69) is 15.1 Å². The van der Waals surface area contributed by atoms with Gasteiger partial charge in [-0.25, -0.2) is 13.8 Å². The van der Waals surface area contributed by atoms with E-state index in [1.807, 2.05) is 0 Å². The van der Waals surface area contributed by atoms with Gasteiger partial charge in [0.15, 0.2) is 0 Å². The number of phenolic OH excluding ortho intramolecular Hbond substituents is 1. The largest absolute Gasteiger partial charge is 0.508 e. The summed E-state index contributed by atoms with van der Waals surface area (Å²) in [6, 6.07) is 10.5. The summed E-state index contributed by atoms with van der Waals surface area (Å²) >= 11 is 0. The fourth-order valence-corrected chi connectivity index (χ4v) is 8.31. The molecule has 11 heteroatoms. The molecule has 0 amide bonds. The normalized spacial score (nSPS) is 29.5. The quantitative estimate of drug-likeness (QED) is 0.362. The van der Waals surface area contributed by atoms with Crippen molar-refractivity contribution in [3.8, 4) is 28.9 Å². The minimum Gasteiger partial charge on any atom is -0.508 e. The Labute approximate surface area is 246 Å². The summed E-state index contributed by atoms with van der Waals surface area (Å²) in [5.41, 5.74) is 1.11. The van der Waals surface area contributed by atoms with Crippen LogP contribution in [0, 0.1) is 5.82 Å². The number of hydrogen-bond acceptors (Lipinski definition) is 9. The van der Waals surface area contributed by atoms with Gasteiger partial charge in [0.2, 0.25) is 5.88 Å². The summed E-state index contributed by atoms with van der Waals surface area (Å²) in [5.74, 6) is 0.702. The lowest BCUT2D eigenvalue weighted by Gasteiger charge is -2.40. The average Bonchev–Trinajstić information content (AvgIpc) is 3.62. The molecule has 4 aromatic rings. The van der Waals surface area contributed by atoms with Crippen molar-refractivity contribution in [1.82, 2.24) is 25.2 Å². The Morgan fingerprint density at radius 3 is 2.98 bits per heavy atom. The van der Waals surface area contributed by atoms with E-state index in [4.69, 9.17) is 24.4 Å². The topological polar surface area (TPSA) is 95.9 Å². The number of rotatable bonds is 4. The second kappa shape index (κ2) is 9.33. The maximum Gasteiger partial charge on any atom is 0.319 e. The molecule has 2 N–H and O–H groups in total. The molecule has 7 heterocycles. The molecule has 4 fully saturated rings. The first-order valence-corrected chi connectivity index (χ1v) is 15.3. The van der Waals surface area contributed by atoms with Crippen LogP contribution in [0.1, 0.15) is 32.1 Å². The predicted molar refractivity (Wildman–Crippen MR) is 157 cm³/mol. The number of phenols is 1. The predicted octanol–water partition coefficient (Wildman–Crippen LogP) is 4.35. The van der Waals surface area contributed by atoms with E-state index >= 15 is 4.39 Å². The van der Waals surface area contributed by atoms with Gasteiger partial charge in [-0.15, -0.1) is 0 Å². The zero-order valence-corrected chi connectivity index (χ0v) is 23.6. The summed E-state index contributed by atoms with van der Waals surface area (Å²) in [4.78, 5) is 19.2. The van der Waals surface area contributed by atoms with E-state index in [0.717, 1.165) is 44.6 Å².